The van der Waals surface area contributed by atoms with Crippen LogP contribution in [0.15, 0.2) is 28.8 Å². The van der Waals surface area contributed by atoms with Gasteiger partial charge in [-0.1, -0.05) is 5.16 Å². The number of ether oxygens (including phenoxy) is 2. The summed E-state index contributed by atoms with van der Waals surface area (Å²) < 4.78 is 40.3. The Morgan fingerprint density at radius 2 is 1.90 bits per heavy atom. The summed E-state index contributed by atoms with van der Waals surface area (Å²) in [7, 11) is -1.60. The van der Waals surface area contributed by atoms with Gasteiger partial charge >= 0.3 is 0 Å². The quantitative estimate of drug-likeness (QED) is 0.663. The Bertz CT molecular complexity index is 920. The molecule has 3 rings (SSSR count). The first-order valence-electron chi connectivity index (χ1n) is 9.16. The van der Waals surface area contributed by atoms with Crippen LogP contribution in [0.5, 0.6) is 11.5 Å². The number of carbonyl (C=O) groups excluding carboxylic acids is 1. The molecule has 1 saturated heterocycles. The number of hydrogen-bond donors (Lipinski definition) is 1. The van der Waals surface area contributed by atoms with Gasteiger partial charge in [0.25, 0.3) is 5.91 Å². The van der Waals surface area contributed by atoms with E-state index in [-0.39, 0.29) is 25.0 Å². The number of aromatic nitrogens is 2. The molecule has 29 heavy (non-hydrogen) atoms. The molecule has 0 radical (unpaired) electrons. The highest BCUT2D eigenvalue weighted by Gasteiger charge is 2.28. The molecular formula is C18H24N4O6S. The van der Waals surface area contributed by atoms with E-state index >= 15 is 0 Å². The Labute approximate surface area is 169 Å². The first-order chi connectivity index (χ1) is 13.8. The summed E-state index contributed by atoms with van der Waals surface area (Å²) in [5, 5.41) is 6.63. The molecule has 2 heterocycles. The van der Waals surface area contributed by atoms with Crippen molar-refractivity contribution in [2.75, 3.05) is 33.1 Å². The second-order valence-electron chi connectivity index (χ2n) is 6.72. The zero-order valence-corrected chi connectivity index (χ0v) is 17.1. The maximum atomic E-state index is 11.9. The second-order valence-corrected chi connectivity index (χ2v) is 8.71. The maximum Gasteiger partial charge on any atom is 0.258 e. The minimum Gasteiger partial charge on any atom is -0.497 e. The van der Waals surface area contributed by atoms with Crippen LogP contribution in [-0.4, -0.2) is 61.8 Å². The lowest BCUT2D eigenvalue weighted by atomic mass is 9.98. The zero-order valence-electron chi connectivity index (χ0n) is 16.3. The topological polar surface area (TPSA) is 124 Å². The number of benzene rings is 1. The molecule has 0 spiro atoms. The van der Waals surface area contributed by atoms with Crippen molar-refractivity contribution in [3.63, 3.8) is 0 Å². The van der Waals surface area contributed by atoms with Crippen molar-refractivity contribution in [1.82, 2.24) is 19.8 Å². The van der Waals surface area contributed by atoms with E-state index in [9.17, 15) is 13.2 Å². The lowest BCUT2D eigenvalue weighted by molar-refractivity contribution is -0.123. The fourth-order valence-corrected chi connectivity index (χ4v) is 3.87. The second kappa shape index (κ2) is 9.23. The minimum atomic E-state index is -3.17. The van der Waals surface area contributed by atoms with Crippen molar-refractivity contribution >= 4 is 15.9 Å². The molecule has 0 saturated carbocycles. The van der Waals surface area contributed by atoms with Crippen molar-refractivity contribution in [3.8, 4) is 11.5 Å². The van der Waals surface area contributed by atoms with Gasteiger partial charge in [-0.25, -0.2) is 12.7 Å². The summed E-state index contributed by atoms with van der Waals surface area (Å²) in [4.78, 5) is 16.3. The number of rotatable bonds is 8. The van der Waals surface area contributed by atoms with Gasteiger partial charge in [-0.3, -0.25) is 4.79 Å². The molecule has 158 valence electrons. The molecule has 10 nitrogen and oxygen atoms in total. The third kappa shape index (κ3) is 5.91. The fraction of sp³-hybridized carbons (Fsp3) is 0.500. The molecule has 0 bridgehead atoms. The molecule has 11 heteroatoms. The highest BCUT2D eigenvalue weighted by Crippen LogP contribution is 2.26. The van der Waals surface area contributed by atoms with Gasteiger partial charge in [-0.05, 0) is 37.1 Å². The highest BCUT2D eigenvalue weighted by molar-refractivity contribution is 7.88. The highest BCUT2D eigenvalue weighted by atomic mass is 32.2. The average Bonchev–Trinajstić information content (AvgIpc) is 3.19. The van der Waals surface area contributed by atoms with Crippen LogP contribution in [0.25, 0.3) is 0 Å². The van der Waals surface area contributed by atoms with Gasteiger partial charge in [-0.2, -0.15) is 4.98 Å². The van der Waals surface area contributed by atoms with E-state index in [0.29, 0.717) is 49.1 Å². The van der Waals surface area contributed by atoms with Gasteiger partial charge in [0, 0.05) is 19.0 Å². The lowest BCUT2D eigenvalue weighted by Crippen LogP contribution is -2.37. The van der Waals surface area contributed by atoms with Gasteiger partial charge in [0.1, 0.15) is 11.5 Å². The van der Waals surface area contributed by atoms with Gasteiger partial charge in [-0.15, -0.1) is 0 Å². The molecular weight excluding hydrogens is 400 g/mol. The number of amides is 1. The molecule has 1 fully saturated rings. The molecule has 1 aromatic heterocycles. The Kier molecular flexibility index (Phi) is 6.70. The number of nitrogens with one attached hydrogen (secondary N) is 1. The van der Waals surface area contributed by atoms with Gasteiger partial charge < -0.3 is 19.3 Å². The van der Waals surface area contributed by atoms with E-state index in [1.807, 2.05) is 0 Å². The smallest absolute Gasteiger partial charge is 0.258 e. The summed E-state index contributed by atoms with van der Waals surface area (Å²) in [6, 6.07) is 6.91. The first-order valence-corrected chi connectivity index (χ1v) is 11.0. The molecule has 1 amide bonds. The predicted octanol–water partition coefficient (Wildman–Crippen LogP) is 0.912. The fourth-order valence-electron chi connectivity index (χ4n) is 3.00. The normalized spacial score (nSPS) is 15.8. The van der Waals surface area contributed by atoms with Crippen LogP contribution in [0.1, 0.15) is 30.5 Å². The van der Waals surface area contributed by atoms with Crippen molar-refractivity contribution in [2.24, 2.45) is 0 Å². The van der Waals surface area contributed by atoms with Crippen molar-refractivity contribution < 1.29 is 27.2 Å². The summed E-state index contributed by atoms with van der Waals surface area (Å²) in [5.74, 6) is 1.82. The van der Waals surface area contributed by atoms with Crippen LogP contribution in [0.3, 0.4) is 0 Å². The largest absolute Gasteiger partial charge is 0.497 e. The van der Waals surface area contributed by atoms with Crippen LogP contribution >= 0.6 is 0 Å². The summed E-state index contributed by atoms with van der Waals surface area (Å²) >= 11 is 0. The van der Waals surface area contributed by atoms with Crippen LogP contribution in [-0.2, 0) is 21.4 Å². The summed E-state index contributed by atoms with van der Waals surface area (Å²) in [6.07, 6.45) is 2.48. The van der Waals surface area contributed by atoms with Gasteiger partial charge in [0.2, 0.25) is 15.9 Å². The van der Waals surface area contributed by atoms with Crippen LogP contribution in [0.4, 0.5) is 0 Å². The zero-order chi connectivity index (χ0) is 20.9. The molecule has 1 N–H and O–H groups in total. The maximum absolute atomic E-state index is 11.9. The third-order valence-corrected chi connectivity index (χ3v) is 5.94. The van der Waals surface area contributed by atoms with Gasteiger partial charge in [0.15, 0.2) is 12.4 Å². The first kappa shape index (κ1) is 21.1. The molecule has 0 atom stereocenters. The summed E-state index contributed by atoms with van der Waals surface area (Å²) in [6.45, 7) is 0.830. The number of nitrogens with zero attached hydrogens (tertiary/aromatic N) is 3. The molecule has 1 aliphatic heterocycles. The molecule has 1 aliphatic rings. The van der Waals surface area contributed by atoms with E-state index in [2.05, 4.69) is 15.5 Å². The third-order valence-electron chi connectivity index (χ3n) is 4.64. The van der Waals surface area contributed by atoms with Crippen molar-refractivity contribution in [3.05, 3.63) is 36.0 Å². The van der Waals surface area contributed by atoms with Gasteiger partial charge in [0.05, 0.1) is 19.9 Å². The number of methoxy groups -OCH3 is 1. The Balaban J connectivity index is 1.42. The van der Waals surface area contributed by atoms with Crippen LogP contribution < -0.4 is 14.8 Å². The standard InChI is InChI=1S/C18H24N4O6S/c1-26-14-3-5-15(6-4-14)27-12-16(23)19-11-17-20-18(21-28-17)13-7-9-22(10-8-13)29(2,24)25/h3-6,13H,7-12H2,1-2H3,(H,19,23). The van der Waals surface area contributed by atoms with Crippen LogP contribution in [0.2, 0.25) is 0 Å². The SMILES string of the molecule is COc1ccc(OCC(=O)NCc2nc(C3CCN(S(C)(=O)=O)CC3)no2)cc1. The molecule has 2 aromatic rings. The lowest BCUT2D eigenvalue weighted by Gasteiger charge is -2.28. The predicted molar refractivity (Wildman–Crippen MR) is 103 cm³/mol. The van der Waals surface area contributed by atoms with Crippen LogP contribution in [0, 0.1) is 0 Å². The minimum absolute atomic E-state index is 0.0413. The van der Waals surface area contributed by atoms with E-state index in [4.69, 9.17) is 14.0 Å². The Morgan fingerprint density at radius 1 is 1.24 bits per heavy atom. The number of piperidine rings is 1. The van der Waals surface area contributed by atoms with E-state index < -0.39 is 10.0 Å². The van der Waals surface area contributed by atoms with Crippen molar-refractivity contribution in [2.45, 2.75) is 25.3 Å². The number of sulfonamides is 1. The van der Waals surface area contributed by atoms with E-state index in [1.54, 1.807) is 31.4 Å². The number of carbonyl (C=O) groups is 1. The number of hydrogen-bond acceptors (Lipinski definition) is 8. The average molecular weight is 424 g/mol. The van der Waals surface area contributed by atoms with E-state index in [1.165, 1.54) is 10.6 Å². The Morgan fingerprint density at radius 3 is 2.52 bits per heavy atom. The van der Waals surface area contributed by atoms with E-state index in [0.717, 1.165) is 0 Å². The van der Waals surface area contributed by atoms with Crippen molar-refractivity contribution in [1.29, 1.82) is 0 Å². The molecule has 1 aromatic carbocycles. The molecule has 0 aliphatic carbocycles. The monoisotopic (exact) mass is 424 g/mol. The Hall–Kier alpha value is -2.66. The summed E-state index contributed by atoms with van der Waals surface area (Å²) in [5.41, 5.74) is 0. The molecule has 0 unspecified atom stereocenters.